The number of halogens is 1. The second kappa shape index (κ2) is 6.57. The third-order valence-electron chi connectivity index (χ3n) is 2.71. The Balaban J connectivity index is 2.12. The maximum absolute atomic E-state index is 5.82. The van der Waals surface area contributed by atoms with Crippen LogP contribution in [-0.2, 0) is 11.9 Å². The molecule has 0 unspecified atom stereocenters. The Hall–Kier alpha value is -1.55. The second-order valence-corrected chi connectivity index (χ2v) is 4.73. The van der Waals surface area contributed by atoms with Gasteiger partial charge in [0.15, 0.2) is 0 Å². The zero-order valence-corrected chi connectivity index (χ0v) is 12.6. The van der Waals surface area contributed by atoms with Crippen molar-refractivity contribution in [1.29, 1.82) is 0 Å². The first-order valence-electron chi connectivity index (χ1n) is 6.01. The van der Waals surface area contributed by atoms with Crippen molar-refractivity contribution in [2.24, 2.45) is 0 Å². The molecular formula is C15H16BrNO2. The van der Waals surface area contributed by atoms with E-state index in [0.717, 1.165) is 33.8 Å². The molecule has 4 heteroatoms. The van der Waals surface area contributed by atoms with Crippen molar-refractivity contribution in [2.75, 3.05) is 7.11 Å². The van der Waals surface area contributed by atoms with Gasteiger partial charge >= 0.3 is 0 Å². The molecular weight excluding hydrogens is 306 g/mol. The lowest BCUT2D eigenvalue weighted by molar-refractivity contribution is 0.297. The van der Waals surface area contributed by atoms with Gasteiger partial charge in [0.25, 0.3) is 0 Å². The molecule has 0 aliphatic carbocycles. The number of hydrogen-bond acceptors (Lipinski definition) is 3. The van der Waals surface area contributed by atoms with Gasteiger partial charge in [-0.15, -0.1) is 0 Å². The molecule has 100 valence electrons. The largest absolute Gasteiger partial charge is 0.497 e. The fourth-order valence-corrected chi connectivity index (χ4v) is 2.26. The van der Waals surface area contributed by atoms with E-state index in [1.165, 1.54) is 0 Å². The minimum Gasteiger partial charge on any atom is -0.497 e. The van der Waals surface area contributed by atoms with Crippen LogP contribution in [0.5, 0.6) is 11.5 Å². The summed E-state index contributed by atoms with van der Waals surface area (Å²) in [7, 11) is 1.65. The molecule has 1 heterocycles. The quantitative estimate of drug-likeness (QED) is 0.783. The van der Waals surface area contributed by atoms with Crippen molar-refractivity contribution in [3.05, 3.63) is 53.3 Å². The molecule has 0 fully saturated rings. The third-order valence-corrected chi connectivity index (χ3v) is 3.31. The molecule has 0 saturated carbocycles. The molecule has 3 nitrogen and oxygen atoms in total. The molecule has 0 radical (unpaired) electrons. The van der Waals surface area contributed by atoms with Crippen molar-refractivity contribution in [3.8, 4) is 11.5 Å². The average Bonchev–Trinajstić information content (AvgIpc) is 2.44. The number of para-hydroxylation sites is 1. The van der Waals surface area contributed by atoms with Crippen LogP contribution in [0.2, 0.25) is 0 Å². The Morgan fingerprint density at radius 3 is 2.74 bits per heavy atom. The van der Waals surface area contributed by atoms with Gasteiger partial charge in [0, 0.05) is 28.7 Å². The zero-order valence-electron chi connectivity index (χ0n) is 11.0. The van der Waals surface area contributed by atoms with Crippen LogP contribution in [0.4, 0.5) is 0 Å². The Kier molecular flexibility index (Phi) is 4.80. The van der Waals surface area contributed by atoms with Crippen LogP contribution in [0, 0.1) is 6.92 Å². The first kappa shape index (κ1) is 13.9. The third kappa shape index (κ3) is 3.70. The molecule has 2 rings (SSSR count). The molecule has 0 amide bonds. The molecule has 1 aromatic heterocycles. The molecule has 0 aliphatic heterocycles. The van der Waals surface area contributed by atoms with Crippen molar-refractivity contribution in [3.63, 3.8) is 0 Å². The monoisotopic (exact) mass is 321 g/mol. The van der Waals surface area contributed by atoms with E-state index >= 15 is 0 Å². The minimum atomic E-state index is 0.433. The number of aryl methyl sites for hydroxylation is 1. The SMILES string of the molecule is COc1cc(C)nc(COc2ccccc2CBr)c1. The highest BCUT2D eigenvalue weighted by Crippen LogP contribution is 2.22. The van der Waals surface area contributed by atoms with Crippen LogP contribution < -0.4 is 9.47 Å². The molecule has 19 heavy (non-hydrogen) atoms. The van der Waals surface area contributed by atoms with Gasteiger partial charge in [-0.2, -0.15) is 0 Å². The van der Waals surface area contributed by atoms with Gasteiger partial charge in [-0.05, 0) is 13.0 Å². The smallest absolute Gasteiger partial charge is 0.130 e. The number of hydrogen-bond donors (Lipinski definition) is 0. The molecule has 0 N–H and O–H groups in total. The van der Waals surface area contributed by atoms with Crippen molar-refractivity contribution >= 4 is 15.9 Å². The van der Waals surface area contributed by atoms with E-state index in [2.05, 4.69) is 20.9 Å². The first-order valence-corrected chi connectivity index (χ1v) is 7.13. The summed E-state index contributed by atoms with van der Waals surface area (Å²) in [6, 6.07) is 11.8. The number of aromatic nitrogens is 1. The summed E-state index contributed by atoms with van der Waals surface area (Å²) in [5, 5.41) is 0.772. The number of rotatable bonds is 5. The van der Waals surface area contributed by atoms with Gasteiger partial charge < -0.3 is 9.47 Å². The van der Waals surface area contributed by atoms with E-state index in [1.807, 2.05) is 43.3 Å². The first-order chi connectivity index (χ1) is 9.22. The Morgan fingerprint density at radius 1 is 1.21 bits per heavy atom. The van der Waals surface area contributed by atoms with Crippen LogP contribution in [-0.4, -0.2) is 12.1 Å². The normalized spacial score (nSPS) is 10.3. The topological polar surface area (TPSA) is 31.4 Å². The van der Waals surface area contributed by atoms with Crippen LogP contribution in [0.3, 0.4) is 0 Å². The highest BCUT2D eigenvalue weighted by atomic mass is 79.9. The molecule has 0 atom stereocenters. The van der Waals surface area contributed by atoms with Crippen molar-refractivity contribution in [2.45, 2.75) is 18.9 Å². The zero-order chi connectivity index (χ0) is 13.7. The van der Waals surface area contributed by atoms with Gasteiger partial charge in [-0.3, -0.25) is 4.98 Å². The molecule has 0 saturated heterocycles. The van der Waals surface area contributed by atoms with E-state index in [4.69, 9.17) is 9.47 Å². The summed E-state index contributed by atoms with van der Waals surface area (Å²) in [5.41, 5.74) is 2.91. The summed E-state index contributed by atoms with van der Waals surface area (Å²) < 4.78 is 11.1. The van der Waals surface area contributed by atoms with Crippen LogP contribution >= 0.6 is 15.9 Å². The van der Waals surface area contributed by atoms with Crippen molar-refractivity contribution in [1.82, 2.24) is 4.98 Å². The lowest BCUT2D eigenvalue weighted by atomic mass is 10.2. The van der Waals surface area contributed by atoms with E-state index in [1.54, 1.807) is 7.11 Å². The van der Waals surface area contributed by atoms with Gasteiger partial charge in [0.2, 0.25) is 0 Å². The minimum absolute atomic E-state index is 0.433. The lowest BCUT2D eigenvalue weighted by Crippen LogP contribution is -2.01. The molecule has 0 spiro atoms. The number of nitrogens with zero attached hydrogens (tertiary/aromatic N) is 1. The van der Waals surface area contributed by atoms with Gasteiger partial charge in [0.05, 0.1) is 12.8 Å². The number of ether oxygens (including phenoxy) is 2. The van der Waals surface area contributed by atoms with Crippen LogP contribution in [0.15, 0.2) is 36.4 Å². The molecule has 0 aliphatic rings. The van der Waals surface area contributed by atoms with Gasteiger partial charge in [-0.1, -0.05) is 34.1 Å². The number of methoxy groups -OCH3 is 1. The Labute approximate surface area is 121 Å². The van der Waals surface area contributed by atoms with E-state index in [9.17, 15) is 0 Å². The standard InChI is InChI=1S/C15H16BrNO2/c1-11-7-14(18-2)8-13(17-11)10-19-15-6-4-3-5-12(15)9-16/h3-8H,9-10H2,1-2H3. The summed E-state index contributed by atoms with van der Waals surface area (Å²) in [6.07, 6.45) is 0. The van der Waals surface area contributed by atoms with Crippen LogP contribution in [0.1, 0.15) is 17.0 Å². The maximum atomic E-state index is 5.82. The molecule has 2 aromatic rings. The second-order valence-electron chi connectivity index (χ2n) is 4.17. The van der Waals surface area contributed by atoms with Crippen LogP contribution in [0.25, 0.3) is 0 Å². The predicted octanol–water partition coefficient (Wildman–Crippen LogP) is 3.87. The molecule has 0 bridgehead atoms. The number of pyridine rings is 1. The highest BCUT2D eigenvalue weighted by molar-refractivity contribution is 9.08. The summed E-state index contributed by atoms with van der Waals surface area (Å²) in [4.78, 5) is 4.44. The fourth-order valence-electron chi connectivity index (χ4n) is 1.80. The Morgan fingerprint density at radius 2 is 2.00 bits per heavy atom. The fraction of sp³-hybridized carbons (Fsp3) is 0.267. The van der Waals surface area contributed by atoms with Gasteiger partial charge in [-0.25, -0.2) is 0 Å². The number of benzene rings is 1. The summed E-state index contributed by atoms with van der Waals surface area (Å²) in [6.45, 7) is 2.38. The highest BCUT2D eigenvalue weighted by Gasteiger charge is 2.04. The van der Waals surface area contributed by atoms with E-state index in [0.29, 0.717) is 6.61 Å². The summed E-state index contributed by atoms with van der Waals surface area (Å²) >= 11 is 3.45. The maximum Gasteiger partial charge on any atom is 0.130 e. The van der Waals surface area contributed by atoms with E-state index < -0.39 is 0 Å². The van der Waals surface area contributed by atoms with E-state index in [-0.39, 0.29) is 0 Å². The van der Waals surface area contributed by atoms with Crippen molar-refractivity contribution < 1.29 is 9.47 Å². The number of alkyl halides is 1. The lowest BCUT2D eigenvalue weighted by Gasteiger charge is -2.10. The average molecular weight is 322 g/mol. The van der Waals surface area contributed by atoms with Gasteiger partial charge in [0.1, 0.15) is 18.1 Å². The predicted molar refractivity (Wildman–Crippen MR) is 78.9 cm³/mol. The molecule has 1 aromatic carbocycles. The Bertz CT molecular complexity index is 558. The summed E-state index contributed by atoms with van der Waals surface area (Å²) in [5.74, 6) is 1.68.